The van der Waals surface area contributed by atoms with Gasteiger partial charge in [0, 0.05) is 51.4 Å². The Bertz CT molecular complexity index is 790. The Morgan fingerprint density at radius 1 is 1.13 bits per heavy atom. The molecule has 11 nitrogen and oxygen atoms in total. The highest BCUT2D eigenvalue weighted by Crippen LogP contribution is 2.29. The van der Waals surface area contributed by atoms with Crippen LogP contribution in [0, 0.1) is 10.1 Å². The van der Waals surface area contributed by atoms with Crippen molar-refractivity contribution in [3.05, 3.63) is 28.3 Å². The molecule has 164 valence electrons. The van der Waals surface area contributed by atoms with Crippen molar-refractivity contribution >= 4 is 23.3 Å². The molecule has 0 aliphatic carbocycles. The van der Waals surface area contributed by atoms with E-state index in [0.717, 1.165) is 0 Å². The summed E-state index contributed by atoms with van der Waals surface area (Å²) >= 11 is 0. The summed E-state index contributed by atoms with van der Waals surface area (Å²) in [5, 5.41) is 13.7. The van der Waals surface area contributed by atoms with Crippen molar-refractivity contribution in [1.29, 1.82) is 0 Å². The van der Waals surface area contributed by atoms with Crippen LogP contribution in [0.25, 0.3) is 0 Å². The number of benzene rings is 1. The number of rotatable bonds is 5. The first-order valence-electron chi connectivity index (χ1n) is 9.89. The molecule has 0 saturated carbocycles. The van der Waals surface area contributed by atoms with Crippen LogP contribution in [0.5, 0.6) is 5.75 Å². The number of hydrogen-bond donors (Lipinski definition) is 1. The van der Waals surface area contributed by atoms with Gasteiger partial charge < -0.3 is 24.6 Å². The molecule has 2 heterocycles. The lowest BCUT2D eigenvalue weighted by molar-refractivity contribution is -0.384. The van der Waals surface area contributed by atoms with E-state index in [2.05, 4.69) is 5.32 Å². The van der Waals surface area contributed by atoms with E-state index in [0.29, 0.717) is 58.2 Å². The van der Waals surface area contributed by atoms with E-state index in [9.17, 15) is 19.7 Å². The molecule has 0 spiro atoms. The van der Waals surface area contributed by atoms with Gasteiger partial charge in [0.2, 0.25) is 5.91 Å². The van der Waals surface area contributed by atoms with Crippen molar-refractivity contribution < 1.29 is 24.0 Å². The number of carbonyl (C=O) groups excluding carboxylic acids is 2. The zero-order chi connectivity index (χ0) is 21.7. The molecule has 2 saturated heterocycles. The predicted molar refractivity (Wildman–Crippen MR) is 109 cm³/mol. The highest BCUT2D eigenvalue weighted by molar-refractivity contribution is 5.96. The number of methoxy groups -OCH3 is 1. The van der Waals surface area contributed by atoms with Gasteiger partial charge in [-0.05, 0) is 13.0 Å². The molecule has 3 rings (SSSR count). The number of urea groups is 1. The van der Waals surface area contributed by atoms with Crippen LogP contribution < -0.4 is 10.1 Å². The number of hydrogen-bond acceptors (Lipinski definition) is 7. The number of nitro groups is 1. The minimum Gasteiger partial charge on any atom is -0.495 e. The van der Waals surface area contributed by atoms with Crippen molar-refractivity contribution in [1.82, 2.24) is 14.7 Å². The zero-order valence-corrected chi connectivity index (χ0v) is 17.2. The molecule has 1 aromatic rings. The van der Waals surface area contributed by atoms with Crippen molar-refractivity contribution in [3.8, 4) is 5.75 Å². The minimum absolute atomic E-state index is 0.0105. The number of piperazine rings is 1. The number of nitro benzene ring substituents is 1. The maximum absolute atomic E-state index is 12.7. The van der Waals surface area contributed by atoms with Crippen LogP contribution in [0.1, 0.15) is 6.92 Å². The molecule has 0 radical (unpaired) electrons. The second-order valence-electron chi connectivity index (χ2n) is 7.21. The summed E-state index contributed by atoms with van der Waals surface area (Å²) in [5.74, 6) is 0.0591. The summed E-state index contributed by atoms with van der Waals surface area (Å²) < 4.78 is 10.5. The molecule has 2 aliphatic heterocycles. The Morgan fingerprint density at radius 3 is 2.37 bits per heavy atom. The lowest BCUT2D eigenvalue weighted by Gasteiger charge is -2.40. The number of anilines is 1. The third-order valence-corrected chi connectivity index (χ3v) is 5.45. The molecule has 3 amide bonds. The van der Waals surface area contributed by atoms with Gasteiger partial charge >= 0.3 is 6.03 Å². The Hall–Kier alpha value is -2.92. The van der Waals surface area contributed by atoms with E-state index in [1.165, 1.54) is 25.3 Å². The second kappa shape index (κ2) is 9.72. The molecule has 2 aliphatic rings. The van der Waals surface area contributed by atoms with E-state index in [-0.39, 0.29) is 23.3 Å². The quantitative estimate of drug-likeness (QED) is 0.557. The van der Waals surface area contributed by atoms with E-state index >= 15 is 0 Å². The summed E-state index contributed by atoms with van der Waals surface area (Å²) in [4.78, 5) is 41.4. The number of carbonyl (C=O) groups is 2. The van der Waals surface area contributed by atoms with Gasteiger partial charge in [0.05, 0.1) is 37.0 Å². The normalized spacial score (nSPS) is 18.6. The summed E-state index contributed by atoms with van der Waals surface area (Å²) in [6, 6.07) is 3.60. The Kier molecular flexibility index (Phi) is 7.06. The van der Waals surface area contributed by atoms with Crippen molar-refractivity contribution in [2.45, 2.75) is 13.0 Å². The predicted octanol–water partition coefficient (Wildman–Crippen LogP) is 1.00. The number of ether oxygens (including phenoxy) is 2. The fraction of sp³-hybridized carbons (Fsp3) is 0.579. The lowest BCUT2D eigenvalue weighted by Crippen LogP contribution is -2.57. The topological polar surface area (TPSA) is 117 Å². The minimum atomic E-state index is -0.525. The summed E-state index contributed by atoms with van der Waals surface area (Å²) in [7, 11) is 1.44. The first-order valence-corrected chi connectivity index (χ1v) is 9.89. The molecular formula is C19H27N5O6. The molecule has 0 bridgehead atoms. The largest absolute Gasteiger partial charge is 0.495 e. The van der Waals surface area contributed by atoms with Gasteiger partial charge in [-0.3, -0.25) is 19.8 Å². The Balaban J connectivity index is 1.56. The molecule has 1 unspecified atom stereocenters. The van der Waals surface area contributed by atoms with Crippen molar-refractivity contribution in [2.24, 2.45) is 0 Å². The second-order valence-corrected chi connectivity index (χ2v) is 7.21. The smallest absolute Gasteiger partial charge is 0.320 e. The van der Waals surface area contributed by atoms with Gasteiger partial charge in [0.25, 0.3) is 5.69 Å². The van der Waals surface area contributed by atoms with Crippen LogP contribution in [0.15, 0.2) is 18.2 Å². The molecule has 30 heavy (non-hydrogen) atoms. The van der Waals surface area contributed by atoms with Gasteiger partial charge in [-0.1, -0.05) is 0 Å². The van der Waals surface area contributed by atoms with Gasteiger partial charge in [-0.15, -0.1) is 0 Å². The number of nitrogens with zero attached hydrogens (tertiary/aromatic N) is 4. The fourth-order valence-corrected chi connectivity index (χ4v) is 3.57. The molecule has 0 aromatic heterocycles. The summed E-state index contributed by atoms with van der Waals surface area (Å²) in [6.07, 6.45) is 0. The van der Waals surface area contributed by atoms with Crippen LogP contribution in [-0.4, -0.2) is 97.2 Å². The number of amides is 3. The number of nitrogens with one attached hydrogen (secondary N) is 1. The van der Waals surface area contributed by atoms with E-state index in [1.54, 1.807) is 16.7 Å². The lowest BCUT2D eigenvalue weighted by atomic mass is 10.2. The zero-order valence-electron chi connectivity index (χ0n) is 17.2. The first kappa shape index (κ1) is 21.8. The monoisotopic (exact) mass is 421 g/mol. The maximum atomic E-state index is 12.7. The average Bonchev–Trinajstić information content (AvgIpc) is 2.78. The maximum Gasteiger partial charge on any atom is 0.320 e. The van der Waals surface area contributed by atoms with Gasteiger partial charge in [0.15, 0.2) is 0 Å². The molecule has 1 aromatic carbocycles. The van der Waals surface area contributed by atoms with E-state index in [1.807, 2.05) is 4.90 Å². The third kappa shape index (κ3) is 4.97. The molecule has 1 N–H and O–H groups in total. The van der Waals surface area contributed by atoms with Crippen LogP contribution in [0.3, 0.4) is 0 Å². The average molecular weight is 421 g/mol. The van der Waals surface area contributed by atoms with Gasteiger partial charge in [-0.2, -0.15) is 0 Å². The van der Waals surface area contributed by atoms with Crippen molar-refractivity contribution in [2.75, 3.05) is 64.9 Å². The molecule has 2 fully saturated rings. The van der Waals surface area contributed by atoms with Crippen LogP contribution in [0.4, 0.5) is 16.2 Å². The van der Waals surface area contributed by atoms with E-state index < -0.39 is 11.0 Å². The highest BCUT2D eigenvalue weighted by atomic mass is 16.6. The Labute approximate surface area is 174 Å². The number of non-ortho nitro benzene ring substituents is 1. The molecule has 11 heteroatoms. The van der Waals surface area contributed by atoms with Gasteiger partial charge in [-0.25, -0.2) is 4.79 Å². The van der Waals surface area contributed by atoms with E-state index in [4.69, 9.17) is 9.47 Å². The molecular weight excluding hydrogens is 394 g/mol. The Morgan fingerprint density at radius 2 is 1.77 bits per heavy atom. The van der Waals surface area contributed by atoms with Crippen molar-refractivity contribution in [3.63, 3.8) is 0 Å². The highest BCUT2D eigenvalue weighted by Gasteiger charge is 2.30. The fourth-order valence-electron chi connectivity index (χ4n) is 3.57. The summed E-state index contributed by atoms with van der Waals surface area (Å²) in [6.45, 7) is 6.30. The van der Waals surface area contributed by atoms with Crippen LogP contribution in [0.2, 0.25) is 0 Å². The third-order valence-electron chi connectivity index (χ3n) is 5.45. The van der Waals surface area contributed by atoms with Crippen LogP contribution >= 0.6 is 0 Å². The van der Waals surface area contributed by atoms with Crippen LogP contribution in [-0.2, 0) is 9.53 Å². The first-order chi connectivity index (χ1) is 14.4. The number of morpholine rings is 1. The van der Waals surface area contributed by atoms with Gasteiger partial charge in [0.1, 0.15) is 5.75 Å². The SMILES string of the molecule is COc1ccc([N+](=O)[O-])cc1NC(=O)C(C)N1CCN(C(=O)N2CCOCC2)CC1. The summed E-state index contributed by atoms with van der Waals surface area (Å²) in [5.41, 5.74) is 0.124. The molecule has 1 atom stereocenters. The standard InChI is InChI=1S/C19H27N5O6/c1-14(18(25)20-16-13-15(24(27)28)3-4-17(16)29-2)21-5-7-22(8-6-21)19(26)23-9-11-30-12-10-23/h3-4,13-14H,5-12H2,1-2H3,(H,20,25).